The van der Waals surface area contributed by atoms with Gasteiger partial charge in [0, 0.05) is 25.6 Å². The van der Waals surface area contributed by atoms with Crippen LogP contribution in [0.2, 0.25) is 0 Å². The summed E-state index contributed by atoms with van der Waals surface area (Å²) < 4.78 is 0. The lowest BCUT2D eigenvalue weighted by Gasteiger charge is -2.21. The fraction of sp³-hybridized carbons (Fsp3) is 0.278. The monoisotopic (exact) mass is 280 g/mol. The number of hydrogen-bond acceptors (Lipinski definition) is 2. The number of benzene rings is 2. The first kappa shape index (κ1) is 13.8. The Morgan fingerprint density at radius 1 is 1.00 bits per heavy atom. The highest BCUT2D eigenvalue weighted by molar-refractivity contribution is 5.78. The minimum Gasteiger partial charge on any atom is -0.341 e. The standard InChI is InChI=1S/C18H20N2O/c19-17(13-20-12-4-7-18(20)21)16-10-8-15(9-11-16)14-5-2-1-3-6-14/h1-3,5-6,8-11,17H,4,7,12-13,19H2. The summed E-state index contributed by atoms with van der Waals surface area (Å²) in [6.45, 7) is 1.46. The molecular weight excluding hydrogens is 260 g/mol. The second-order valence-electron chi connectivity index (χ2n) is 5.54. The van der Waals surface area contributed by atoms with Crippen LogP contribution in [0.1, 0.15) is 24.4 Å². The number of carbonyl (C=O) groups excluding carboxylic acids is 1. The van der Waals surface area contributed by atoms with Gasteiger partial charge in [-0.2, -0.15) is 0 Å². The number of rotatable bonds is 4. The number of likely N-dealkylation sites (tertiary alicyclic amines) is 1. The number of nitrogens with zero attached hydrogens (tertiary/aromatic N) is 1. The average molecular weight is 280 g/mol. The first-order valence-electron chi connectivity index (χ1n) is 7.43. The summed E-state index contributed by atoms with van der Waals surface area (Å²) in [4.78, 5) is 13.5. The molecule has 108 valence electrons. The van der Waals surface area contributed by atoms with E-state index < -0.39 is 0 Å². The van der Waals surface area contributed by atoms with Gasteiger partial charge in [0.1, 0.15) is 0 Å². The van der Waals surface area contributed by atoms with Gasteiger partial charge in [0.05, 0.1) is 0 Å². The smallest absolute Gasteiger partial charge is 0.222 e. The first-order valence-corrected chi connectivity index (χ1v) is 7.43. The lowest BCUT2D eigenvalue weighted by atomic mass is 10.0. The molecule has 1 unspecified atom stereocenters. The minimum atomic E-state index is -0.114. The van der Waals surface area contributed by atoms with E-state index in [2.05, 4.69) is 36.4 Å². The fourth-order valence-corrected chi connectivity index (χ4v) is 2.79. The Balaban J connectivity index is 1.70. The van der Waals surface area contributed by atoms with Crippen molar-refractivity contribution in [1.82, 2.24) is 4.90 Å². The first-order chi connectivity index (χ1) is 10.2. The summed E-state index contributed by atoms with van der Waals surface area (Å²) in [5, 5.41) is 0. The summed E-state index contributed by atoms with van der Waals surface area (Å²) in [6, 6.07) is 18.5. The SMILES string of the molecule is NC(CN1CCCC1=O)c1ccc(-c2ccccc2)cc1. The predicted molar refractivity (Wildman–Crippen MR) is 84.6 cm³/mol. The molecule has 1 aliphatic heterocycles. The van der Waals surface area contributed by atoms with Crippen molar-refractivity contribution in [3.8, 4) is 11.1 Å². The van der Waals surface area contributed by atoms with Crippen molar-refractivity contribution < 1.29 is 4.79 Å². The van der Waals surface area contributed by atoms with Crippen LogP contribution in [0.25, 0.3) is 11.1 Å². The molecule has 0 aromatic heterocycles. The summed E-state index contributed by atoms with van der Waals surface area (Å²) in [7, 11) is 0. The molecule has 2 aromatic carbocycles. The van der Waals surface area contributed by atoms with Crippen molar-refractivity contribution in [2.75, 3.05) is 13.1 Å². The van der Waals surface area contributed by atoms with Crippen LogP contribution >= 0.6 is 0 Å². The van der Waals surface area contributed by atoms with Gasteiger partial charge in [0.25, 0.3) is 0 Å². The number of amides is 1. The molecule has 0 bridgehead atoms. The maximum absolute atomic E-state index is 11.7. The zero-order valence-electron chi connectivity index (χ0n) is 12.0. The van der Waals surface area contributed by atoms with Crippen LogP contribution in [0.5, 0.6) is 0 Å². The van der Waals surface area contributed by atoms with Crippen molar-refractivity contribution in [3.63, 3.8) is 0 Å². The van der Waals surface area contributed by atoms with E-state index in [1.165, 1.54) is 11.1 Å². The van der Waals surface area contributed by atoms with Crippen molar-refractivity contribution in [2.45, 2.75) is 18.9 Å². The van der Waals surface area contributed by atoms with E-state index in [-0.39, 0.29) is 11.9 Å². The molecule has 2 aromatic rings. The Morgan fingerprint density at radius 2 is 1.67 bits per heavy atom. The molecule has 21 heavy (non-hydrogen) atoms. The molecule has 1 amide bonds. The van der Waals surface area contributed by atoms with Gasteiger partial charge in [-0.3, -0.25) is 4.79 Å². The van der Waals surface area contributed by atoms with Crippen LogP contribution in [0.4, 0.5) is 0 Å². The Bertz CT molecular complexity index is 607. The van der Waals surface area contributed by atoms with Crippen molar-refractivity contribution >= 4 is 5.91 Å². The van der Waals surface area contributed by atoms with Crippen LogP contribution in [-0.2, 0) is 4.79 Å². The van der Waals surface area contributed by atoms with Gasteiger partial charge in [-0.05, 0) is 23.1 Å². The van der Waals surface area contributed by atoms with Crippen LogP contribution in [0.15, 0.2) is 54.6 Å². The van der Waals surface area contributed by atoms with Crippen molar-refractivity contribution in [3.05, 3.63) is 60.2 Å². The van der Waals surface area contributed by atoms with E-state index in [0.29, 0.717) is 13.0 Å². The van der Waals surface area contributed by atoms with Crippen LogP contribution in [0, 0.1) is 0 Å². The van der Waals surface area contributed by atoms with Crippen LogP contribution < -0.4 is 5.73 Å². The summed E-state index contributed by atoms with van der Waals surface area (Å²) in [5.41, 5.74) is 9.70. The second kappa shape index (κ2) is 6.10. The van der Waals surface area contributed by atoms with Crippen molar-refractivity contribution in [1.29, 1.82) is 0 Å². The van der Waals surface area contributed by atoms with E-state index in [4.69, 9.17) is 5.73 Å². The normalized spacial score (nSPS) is 16.2. The van der Waals surface area contributed by atoms with E-state index in [1.807, 2.05) is 23.1 Å². The van der Waals surface area contributed by atoms with Crippen LogP contribution in [-0.4, -0.2) is 23.9 Å². The van der Waals surface area contributed by atoms with Gasteiger partial charge in [0.2, 0.25) is 5.91 Å². The predicted octanol–water partition coefficient (Wildman–Crippen LogP) is 2.98. The Labute approximate surface area is 125 Å². The highest BCUT2D eigenvalue weighted by atomic mass is 16.2. The quantitative estimate of drug-likeness (QED) is 0.936. The van der Waals surface area contributed by atoms with Gasteiger partial charge < -0.3 is 10.6 Å². The average Bonchev–Trinajstić information content (AvgIpc) is 2.93. The molecule has 2 N–H and O–H groups in total. The minimum absolute atomic E-state index is 0.114. The third-order valence-electron chi connectivity index (χ3n) is 4.03. The number of carbonyl (C=O) groups is 1. The molecule has 1 saturated heterocycles. The maximum Gasteiger partial charge on any atom is 0.222 e. The third-order valence-corrected chi connectivity index (χ3v) is 4.03. The molecule has 0 saturated carbocycles. The highest BCUT2D eigenvalue weighted by Crippen LogP contribution is 2.22. The van der Waals surface area contributed by atoms with Gasteiger partial charge in [0.15, 0.2) is 0 Å². The zero-order chi connectivity index (χ0) is 14.7. The molecular formula is C18H20N2O. The topological polar surface area (TPSA) is 46.3 Å². The molecule has 1 heterocycles. The lowest BCUT2D eigenvalue weighted by Crippen LogP contribution is -2.32. The number of nitrogens with two attached hydrogens (primary N) is 1. The second-order valence-corrected chi connectivity index (χ2v) is 5.54. The fourth-order valence-electron chi connectivity index (χ4n) is 2.79. The van der Waals surface area contributed by atoms with E-state index in [0.717, 1.165) is 18.5 Å². The number of hydrogen-bond donors (Lipinski definition) is 1. The summed E-state index contributed by atoms with van der Waals surface area (Å²) in [5.74, 6) is 0.228. The molecule has 0 spiro atoms. The molecule has 3 nitrogen and oxygen atoms in total. The Morgan fingerprint density at radius 3 is 2.29 bits per heavy atom. The van der Waals surface area contributed by atoms with E-state index in [1.54, 1.807) is 0 Å². The summed E-state index contributed by atoms with van der Waals surface area (Å²) in [6.07, 6.45) is 1.62. The molecule has 1 fully saturated rings. The molecule has 1 atom stereocenters. The molecule has 1 aliphatic rings. The largest absolute Gasteiger partial charge is 0.341 e. The zero-order valence-corrected chi connectivity index (χ0v) is 12.0. The lowest BCUT2D eigenvalue weighted by molar-refractivity contribution is -0.127. The van der Waals surface area contributed by atoms with Crippen molar-refractivity contribution in [2.24, 2.45) is 5.73 Å². The molecule has 3 rings (SSSR count). The van der Waals surface area contributed by atoms with Gasteiger partial charge in [-0.25, -0.2) is 0 Å². The van der Waals surface area contributed by atoms with Gasteiger partial charge in [-0.1, -0.05) is 54.6 Å². The van der Waals surface area contributed by atoms with E-state index in [9.17, 15) is 4.79 Å². The third kappa shape index (κ3) is 3.14. The highest BCUT2D eigenvalue weighted by Gasteiger charge is 2.22. The molecule has 0 aliphatic carbocycles. The van der Waals surface area contributed by atoms with Gasteiger partial charge >= 0.3 is 0 Å². The van der Waals surface area contributed by atoms with E-state index >= 15 is 0 Å². The molecule has 0 radical (unpaired) electrons. The molecule has 3 heteroatoms. The maximum atomic E-state index is 11.7. The summed E-state index contributed by atoms with van der Waals surface area (Å²) >= 11 is 0. The Kier molecular flexibility index (Phi) is 4.02. The Hall–Kier alpha value is -2.13. The van der Waals surface area contributed by atoms with Crippen LogP contribution in [0.3, 0.4) is 0 Å². The van der Waals surface area contributed by atoms with Gasteiger partial charge in [-0.15, -0.1) is 0 Å².